The molecule has 0 radical (unpaired) electrons. The predicted octanol–water partition coefficient (Wildman–Crippen LogP) is 2.95. The molecule has 0 aromatic heterocycles. The van der Waals surface area contributed by atoms with E-state index < -0.39 is 10.3 Å². The van der Waals surface area contributed by atoms with Crippen LogP contribution in [0.1, 0.15) is 60.3 Å². The van der Waals surface area contributed by atoms with Crippen LogP contribution in [0.5, 0.6) is 0 Å². The van der Waals surface area contributed by atoms with Crippen molar-refractivity contribution in [1.82, 2.24) is 4.31 Å². The molecular formula is C13H27NO3S. The molecule has 0 aliphatic carbocycles. The van der Waals surface area contributed by atoms with Gasteiger partial charge in [0.05, 0.1) is 12.6 Å². The van der Waals surface area contributed by atoms with Gasteiger partial charge in [0.2, 0.25) is 0 Å². The van der Waals surface area contributed by atoms with E-state index >= 15 is 0 Å². The van der Waals surface area contributed by atoms with Crippen LogP contribution in [0.15, 0.2) is 0 Å². The summed E-state index contributed by atoms with van der Waals surface area (Å²) in [6, 6.07) is -0.000972. The Bertz CT molecular complexity index is 364. The summed E-state index contributed by atoms with van der Waals surface area (Å²) in [4.78, 5) is 0. The zero-order valence-electron chi connectivity index (χ0n) is 12.3. The zero-order valence-corrected chi connectivity index (χ0v) is 13.1. The van der Waals surface area contributed by atoms with Crippen molar-refractivity contribution >= 4 is 10.3 Å². The van der Waals surface area contributed by atoms with Crippen molar-refractivity contribution in [2.75, 3.05) is 6.61 Å². The van der Waals surface area contributed by atoms with Gasteiger partial charge in [0, 0.05) is 5.54 Å². The number of rotatable bonds is 6. The van der Waals surface area contributed by atoms with Crippen molar-refractivity contribution < 1.29 is 12.6 Å². The van der Waals surface area contributed by atoms with Gasteiger partial charge in [-0.05, 0) is 39.0 Å². The van der Waals surface area contributed by atoms with Crippen molar-refractivity contribution in [3.05, 3.63) is 0 Å². The zero-order chi connectivity index (χ0) is 14.0. The molecule has 0 spiro atoms. The van der Waals surface area contributed by atoms with Crippen LogP contribution in [0.25, 0.3) is 0 Å². The SMILES string of the molecule is CCC(C)CCC1COS(=O)(=O)N1C(C)(C)CC. The van der Waals surface area contributed by atoms with Crippen molar-refractivity contribution in [3.63, 3.8) is 0 Å². The molecule has 18 heavy (non-hydrogen) atoms. The second kappa shape index (κ2) is 5.88. The van der Waals surface area contributed by atoms with Crippen LogP contribution in [0.2, 0.25) is 0 Å². The van der Waals surface area contributed by atoms with Gasteiger partial charge in [-0.25, -0.2) is 0 Å². The highest BCUT2D eigenvalue weighted by molar-refractivity contribution is 7.84. The van der Waals surface area contributed by atoms with Crippen molar-refractivity contribution in [2.45, 2.75) is 71.9 Å². The lowest BCUT2D eigenvalue weighted by Gasteiger charge is -2.35. The van der Waals surface area contributed by atoms with Gasteiger partial charge < -0.3 is 0 Å². The quantitative estimate of drug-likeness (QED) is 0.750. The van der Waals surface area contributed by atoms with Gasteiger partial charge in [-0.15, -0.1) is 0 Å². The minimum absolute atomic E-state index is 0.000972. The largest absolute Gasteiger partial charge is 0.339 e. The van der Waals surface area contributed by atoms with Gasteiger partial charge in [0.1, 0.15) is 0 Å². The molecular weight excluding hydrogens is 250 g/mol. The Morgan fingerprint density at radius 1 is 1.39 bits per heavy atom. The Morgan fingerprint density at radius 2 is 2.00 bits per heavy atom. The first kappa shape index (κ1) is 15.9. The Kier molecular flexibility index (Phi) is 5.21. The van der Waals surface area contributed by atoms with Gasteiger partial charge in [-0.3, -0.25) is 4.18 Å². The first-order valence-electron chi connectivity index (χ1n) is 6.93. The van der Waals surface area contributed by atoms with Gasteiger partial charge in [0.25, 0.3) is 0 Å². The van der Waals surface area contributed by atoms with Crippen LogP contribution in [-0.4, -0.2) is 30.9 Å². The summed E-state index contributed by atoms with van der Waals surface area (Å²) in [7, 11) is -3.53. The Labute approximate surface area is 112 Å². The predicted molar refractivity (Wildman–Crippen MR) is 73.6 cm³/mol. The monoisotopic (exact) mass is 277 g/mol. The molecule has 0 amide bonds. The average molecular weight is 277 g/mol. The molecule has 0 aromatic carbocycles. The molecule has 1 aliphatic heterocycles. The molecule has 1 rings (SSSR count). The summed E-state index contributed by atoms with van der Waals surface area (Å²) < 4.78 is 30.6. The molecule has 1 aliphatic rings. The van der Waals surface area contributed by atoms with Crippen LogP contribution >= 0.6 is 0 Å². The van der Waals surface area contributed by atoms with Crippen LogP contribution < -0.4 is 0 Å². The van der Waals surface area contributed by atoms with Crippen molar-refractivity contribution in [1.29, 1.82) is 0 Å². The molecule has 5 heteroatoms. The highest BCUT2D eigenvalue weighted by Gasteiger charge is 2.46. The van der Waals surface area contributed by atoms with Crippen LogP contribution in [0.4, 0.5) is 0 Å². The molecule has 0 N–H and O–H groups in total. The molecule has 0 bridgehead atoms. The second-order valence-electron chi connectivity index (χ2n) is 5.95. The van der Waals surface area contributed by atoms with Gasteiger partial charge in [0.15, 0.2) is 0 Å². The summed E-state index contributed by atoms with van der Waals surface area (Å²) in [5.74, 6) is 0.639. The summed E-state index contributed by atoms with van der Waals surface area (Å²) in [5.41, 5.74) is -0.366. The topological polar surface area (TPSA) is 46.6 Å². The molecule has 2 unspecified atom stereocenters. The Hall–Kier alpha value is -0.130. The summed E-state index contributed by atoms with van der Waals surface area (Å²) in [6.07, 6.45) is 3.86. The van der Waals surface area contributed by atoms with Crippen LogP contribution in [-0.2, 0) is 14.5 Å². The lowest BCUT2D eigenvalue weighted by atomic mass is 9.96. The highest BCUT2D eigenvalue weighted by atomic mass is 32.2. The average Bonchev–Trinajstić information content (AvgIpc) is 2.62. The fraction of sp³-hybridized carbons (Fsp3) is 1.00. The normalized spacial score (nSPS) is 26.4. The lowest BCUT2D eigenvalue weighted by Crippen LogP contribution is -2.49. The maximum atomic E-state index is 12.0. The van der Waals surface area contributed by atoms with E-state index in [9.17, 15) is 8.42 Å². The van der Waals surface area contributed by atoms with Gasteiger partial charge in [-0.2, -0.15) is 12.7 Å². The van der Waals surface area contributed by atoms with Crippen LogP contribution in [0.3, 0.4) is 0 Å². The summed E-state index contributed by atoms with van der Waals surface area (Å²) >= 11 is 0. The van der Waals surface area contributed by atoms with E-state index in [1.807, 2.05) is 20.8 Å². The fourth-order valence-electron chi connectivity index (χ4n) is 2.31. The molecule has 0 aromatic rings. The Balaban J connectivity index is 2.79. The van der Waals surface area contributed by atoms with E-state index in [0.717, 1.165) is 25.7 Å². The smallest absolute Gasteiger partial charge is 0.256 e. The van der Waals surface area contributed by atoms with E-state index in [1.54, 1.807) is 4.31 Å². The van der Waals surface area contributed by atoms with Crippen LogP contribution in [0, 0.1) is 5.92 Å². The molecule has 0 saturated carbocycles. The fourth-order valence-corrected chi connectivity index (χ4v) is 4.01. The van der Waals surface area contributed by atoms with Crippen molar-refractivity contribution in [2.24, 2.45) is 5.92 Å². The van der Waals surface area contributed by atoms with E-state index in [0.29, 0.717) is 12.5 Å². The molecule has 4 nitrogen and oxygen atoms in total. The molecule has 1 saturated heterocycles. The summed E-state index contributed by atoms with van der Waals surface area (Å²) in [5, 5.41) is 0. The molecule has 1 fully saturated rings. The minimum atomic E-state index is -3.53. The van der Waals surface area contributed by atoms with E-state index in [4.69, 9.17) is 4.18 Å². The number of nitrogens with zero attached hydrogens (tertiary/aromatic N) is 1. The molecule has 1 heterocycles. The van der Waals surface area contributed by atoms with Crippen molar-refractivity contribution in [3.8, 4) is 0 Å². The highest BCUT2D eigenvalue weighted by Crippen LogP contribution is 2.33. The third-order valence-electron chi connectivity index (χ3n) is 4.13. The molecule has 2 atom stereocenters. The second-order valence-corrected chi connectivity index (χ2v) is 7.43. The first-order valence-corrected chi connectivity index (χ1v) is 8.30. The summed E-state index contributed by atoms with van der Waals surface area (Å²) in [6.45, 7) is 10.6. The maximum absolute atomic E-state index is 12.0. The number of hydrogen-bond donors (Lipinski definition) is 0. The number of hydrogen-bond acceptors (Lipinski definition) is 3. The minimum Gasteiger partial charge on any atom is -0.256 e. The maximum Gasteiger partial charge on any atom is 0.339 e. The third kappa shape index (κ3) is 3.45. The van der Waals surface area contributed by atoms with E-state index in [1.165, 1.54) is 0 Å². The standard InChI is InChI=1S/C13H27NO3S/c1-6-11(3)8-9-12-10-17-18(15,16)14(12)13(4,5)7-2/h11-12H,6-10H2,1-5H3. The van der Waals surface area contributed by atoms with Gasteiger partial charge >= 0.3 is 10.3 Å². The lowest BCUT2D eigenvalue weighted by molar-refractivity contribution is 0.169. The molecule has 108 valence electrons. The third-order valence-corrected chi connectivity index (χ3v) is 5.84. The first-order chi connectivity index (χ1) is 8.24. The van der Waals surface area contributed by atoms with Gasteiger partial charge in [-0.1, -0.05) is 27.2 Å². The van der Waals surface area contributed by atoms with E-state index in [2.05, 4.69) is 13.8 Å². The van der Waals surface area contributed by atoms with E-state index in [-0.39, 0.29) is 11.6 Å². The Morgan fingerprint density at radius 3 is 2.50 bits per heavy atom.